The van der Waals surface area contributed by atoms with Crippen LogP contribution in [0.25, 0.3) is 0 Å². The zero-order chi connectivity index (χ0) is 11.1. The minimum Gasteiger partial charge on any atom is -0.385 e. The summed E-state index contributed by atoms with van der Waals surface area (Å²) < 4.78 is 0. The van der Waals surface area contributed by atoms with Gasteiger partial charge in [0.25, 0.3) is 0 Å². The zero-order valence-corrected chi connectivity index (χ0v) is 8.88. The Balaban J connectivity index is 2.61. The van der Waals surface area contributed by atoms with Crippen LogP contribution in [0.3, 0.4) is 0 Å². The van der Waals surface area contributed by atoms with Gasteiger partial charge in [0.2, 0.25) is 0 Å². The Hall–Kier alpha value is -1.93. The Morgan fingerprint density at radius 2 is 2.27 bits per heavy atom. The lowest BCUT2D eigenvalue weighted by atomic mass is 10.1. The molecule has 0 aromatic heterocycles. The molecule has 0 fully saturated rings. The topological polar surface area (TPSA) is 35.8 Å². The molecule has 0 amide bonds. The number of aryl methyl sites for hydroxylation is 1. The highest BCUT2D eigenvalue weighted by atomic mass is 14.9. The third-order valence-electron chi connectivity index (χ3n) is 2.18. The smallest absolute Gasteiger partial charge is 0.0992 e. The van der Waals surface area contributed by atoms with Gasteiger partial charge in [-0.3, -0.25) is 0 Å². The largest absolute Gasteiger partial charge is 0.385 e. The van der Waals surface area contributed by atoms with Crippen molar-refractivity contribution in [2.75, 3.05) is 11.9 Å². The lowest BCUT2D eigenvalue weighted by Crippen LogP contribution is -2.02. The van der Waals surface area contributed by atoms with E-state index in [0.717, 1.165) is 30.6 Å². The number of nitrogens with zero attached hydrogens (tertiary/aromatic N) is 1. The Labute approximate surface area is 90.9 Å². The van der Waals surface area contributed by atoms with E-state index in [-0.39, 0.29) is 0 Å². The van der Waals surface area contributed by atoms with E-state index in [2.05, 4.69) is 17.3 Å². The highest BCUT2D eigenvalue weighted by Gasteiger charge is 1.98. The number of nitriles is 1. The second-order valence-corrected chi connectivity index (χ2v) is 3.38. The molecule has 15 heavy (non-hydrogen) atoms. The van der Waals surface area contributed by atoms with Crippen LogP contribution in [0.4, 0.5) is 5.69 Å². The van der Waals surface area contributed by atoms with E-state index in [4.69, 9.17) is 11.7 Å². The molecule has 0 saturated heterocycles. The van der Waals surface area contributed by atoms with Crippen molar-refractivity contribution in [3.63, 3.8) is 0 Å². The Morgan fingerprint density at radius 3 is 2.93 bits per heavy atom. The maximum absolute atomic E-state index is 8.76. The molecular weight excluding hydrogens is 184 g/mol. The molecule has 0 unspecified atom stereocenters. The first-order valence-electron chi connectivity index (χ1n) is 4.96. The summed E-state index contributed by atoms with van der Waals surface area (Å²) in [7, 11) is 0. The Bertz CT molecular complexity index is 408. The van der Waals surface area contributed by atoms with Crippen LogP contribution in [-0.4, -0.2) is 6.54 Å². The van der Waals surface area contributed by atoms with Gasteiger partial charge >= 0.3 is 0 Å². The monoisotopic (exact) mass is 198 g/mol. The third kappa shape index (κ3) is 3.37. The van der Waals surface area contributed by atoms with Gasteiger partial charge in [0.05, 0.1) is 11.6 Å². The van der Waals surface area contributed by atoms with E-state index in [9.17, 15) is 0 Å². The van der Waals surface area contributed by atoms with Crippen LogP contribution in [0.1, 0.15) is 24.0 Å². The molecule has 76 valence electrons. The highest BCUT2D eigenvalue weighted by Crippen LogP contribution is 2.16. The minimum atomic E-state index is 0.681. The molecule has 2 heteroatoms. The number of benzene rings is 1. The van der Waals surface area contributed by atoms with Crippen LogP contribution in [0.5, 0.6) is 0 Å². The maximum Gasteiger partial charge on any atom is 0.0992 e. The van der Waals surface area contributed by atoms with Gasteiger partial charge in [-0.05, 0) is 31.0 Å². The zero-order valence-electron chi connectivity index (χ0n) is 8.88. The predicted octanol–water partition coefficient (Wildman–Crippen LogP) is 2.69. The van der Waals surface area contributed by atoms with Crippen LogP contribution < -0.4 is 5.32 Å². The molecule has 1 aromatic carbocycles. The molecule has 0 aliphatic carbocycles. The van der Waals surface area contributed by atoms with E-state index < -0.39 is 0 Å². The van der Waals surface area contributed by atoms with E-state index >= 15 is 0 Å². The molecule has 0 aliphatic rings. The van der Waals surface area contributed by atoms with E-state index in [1.54, 1.807) is 0 Å². The van der Waals surface area contributed by atoms with Crippen LogP contribution in [0, 0.1) is 30.6 Å². The number of rotatable bonds is 4. The molecule has 0 saturated carbocycles. The second-order valence-electron chi connectivity index (χ2n) is 3.38. The Morgan fingerprint density at radius 1 is 1.47 bits per heavy atom. The second kappa shape index (κ2) is 5.73. The maximum atomic E-state index is 8.76. The normalized spacial score (nSPS) is 9.00. The number of terminal acetylenes is 1. The average molecular weight is 198 g/mol. The first-order chi connectivity index (χ1) is 7.27. The van der Waals surface area contributed by atoms with Crippen molar-refractivity contribution < 1.29 is 0 Å². The summed E-state index contributed by atoms with van der Waals surface area (Å²) in [6.07, 6.45) is 6.90. The fourth-order valence-electron chi connectivity index (χ4n) is 1.30. The van der Waals surface area contributed by atoms with Gasteiger partial charge in [0.1, 0.15) is 0 Å². The lowest BCUT2D eigenvalue weighted by molar-refractivity contribution is 0.906. The summed E-state index contributed by atoms with van der Waals surface area (Å²) in [5.74, 6) is 2.60. The van der Waals surface area contributed by atoms with Gasteiger partial charge in [-0.15, -0.1) is 12.3 Å². The van der Waals surface area contributed by atoms with Gasteiger partial charge < -0.3 is 5.32 Å². The van der Waals surface area contributed by atoms with Crippen molar-refractivity contribution in [1.82, 2.24) is 0 Å². The molecular formula is C13H14N2. The molecule has 0 bridgehead atoms. The predicted molar refractivity (Wildman–Crippen MR) is 62.5 cm³/mol. The summed E-state index contributed by atoms with van der Waals surface area (Å²) in [6.45, 7) is 2.87. The minimum absolute atomic E-state index is 0.681. The highest BCUT2D eigenvalue weighted by molar-refractivity contribution is 5.55. The summed E-state index contributed by atoms with van der Waals surface area (Å²) in [6, 6.07) is 7.76. The van der Waals surface area contributed by atoms with Gasteiger partial charge in [0.15, 0.2) is 0 Å². The molecule has 2 nitrogen and oxygen atoms in total. The fraction of sp³-hybridized carbons (Fsp3) is 0.308. The molecule has 0 atom stereocenters. The van der Waals surface area contributed by atoms with Crippen LogP contribution >= 0.6 is 0 Å². The first-order valence-corrected chi connectivity index (χ1v) is 4.96. The van der Waals surface area contributed by atoms with Gasteiger partial charge in [-0.2, -0.15) is 5.26 Å². The molecule has 1 aromatic rings. The van der Waals surface area contributed by atoms with Crippen molar-refractivity contribution in [3.8, 4) is 18.4 Å². The van der Waals surface area contributed by atoms with Crippen molar-refractivity contribution in [1.29, 1.82) is 5.26 Å². The lowest BCUT2D eigenvalue weighted by Gasteiger charge is -2.08. The quantitative estimate of drug-likeness (QED) is 0.596. The molecule has 0 spiro atoms. The Kier molecular flexibility index (Phi) is 4.26. The third-order valence-corrected chi connectivity index (χ3v) is 2.18. The standard InChI is InChI=1S/C13H14N2/c1-3-4-5-8-15-13-9-12(10-14)7-6-11(13)2/h1,6-7,9,15H,4-5,8H2,2H3. The molecule has 1 rings (SSSR count). The molecule has 1 N–H and O–H groups in total. The summed E-state index contributed by atoms with van der Waals surface area (Å²) in [5.41, 5.74) is 2.85. The number of unbranched alkanes of at least 4 members (excludes halogenated alkanes) is 1. The van der Waals surface area contributed by atoms with Crippen LogP contribution in [-0.2, 0) is 0 Å². The molecule has 0 heterocycles. The van der Waals surface area contributed by atoms with E-state index in [1.165, 1.54) is 0 Å². The van der Waals surface area contributed by atoms with Gasteiger partial charge in [-0.1, -0.05) is 6.07 Å². The number of hydrogen-bond donors (Lipinski definition) is 1. The molecule has 0 aliphatic heterocycles. The number of hydrogen-bond acceptors (Lipinski definition) is 2. The van der Waals surface area contributed by atoms with Gasteiger partial charge in [0, 0.05) is 18.7 Å². The van der Waals surface area contributed by atoms with Crippen molar-refractivity contribution in [2.24, 2.45) is 0 Å². The average Bonchev–Trinajstić information content (AvgIpc) is 2.26. The first kappa shape index (κ1) is 11.1. The van der Waals surface area contributed by atoms with Crippen LogP contribution in [0.15, 0.2) is 18.2 Å². The van der Waals surface area contributed by atoms with Crippen molar-refractivity contribution in [3.05, 3.63) is 29.3 Å². The van der Waals surface area contributed by atoms with Crippen molar-refractivity contribution in [2.45, 2.75) is 19.8 Å². The number of anilines is 1. The van der Waals surface area contributed by atoms with Crippen LogP contribution in [0.2, 0.25) is 0 Å². The molecule has 0 radical (unpaired) electrons. The number of nitrogens with one attached hydrogen (secondary N) is 1. The van der Waals surface area contributed by atoms with E-state index in [0.29, 0.717) is 5.56 Å². The SMILES string of the molecule is C#CCCCNc1cc(C#N)ccc1C. The van der Waals surface area contributed by atoms with Crippen molar-refractivity contribution >= 4 is 5.69 Å². The summed E-state index contributed by atoms with van der Waals surface area (Å²) >= 11 is 0. The van der Waals surface area contributed by atoms with E-state index in [1.807, 2.05) is 25.1 Å². The fourth-order valence-corrected chi connectivity index (χ4v) is 1.30. The summed E-state index contributed by atoms with van der Waals surface area (Å²) in [4.78, 5) is 0. The van der Waals surface area contributed by atoms with Gasteiger partial charge in [-0.25, -0.2) is 0 Å². The summed E-state index contributed by atoms with van der Waals surface area (Å²) in [5, 5.41) is 12.0.